The van der Waals surface area contributed by atoms with Gasteiger partial charge in [-0.15, -0.1) is 0 Å². The maximum atomic E-state index is 13.6. The average molecular weight is 622 g/mol. The first kappa shape index (κ1) is 28.8. The van der Waals surface area contributed by atoms with Crippen molar-refractivity contribution in [2.45, 2.75) is 6.92 Å². The van der Waals surface area contributed by atoms with Gasteiger partial charge in [0.15, 0.2) is 5.78 Å². The van der Waals surface area contributed by atoms with Crippen LogP contribution in [0.5, 0.6) is 0 Å². The molecule has 2 aliphatic carbocycles. The van der Waals surface area contributed by atoms with Gasteiger partial charge in [0.1, 0.15) is 5.71 Å². The number of carbonyl (C=O) groups is 3. The van der Waals surface area contributed by atoms with E-state index >= 15 is 0 Å². The Morgan fingerprint density at radius 2 is 1.30 bits per heavy atom. The predicted molar refractivity (Wildman–Crippen MR) is 180 cm³/mol. The fourth-order valence-electron chi connectivity index (χ4n) is 5.49. The van der Waals surface area contributed by atoms with Gasteiger partial charge in [-0.3, -0.25) is 19.8 Å². The minimum absolute atomic E-state index is 0.0153. The summed E-state index contributed by atoms with van der Waals surface area (Å²) in [5.74, 6) is -1.11. The zero-order valence-electron chi connectivity index (χ0n) is 24.4. The van der Waals surface area contributed by atoms with Crippen molar-refractivity contribution < 1.29 is 14.4 Å². The van der Waals surface area contributed by atoms with Crippen LogP contribution in [0.2, 0.25) is 5.02 Å². The van der Waals surface area contributed by atoms with Crippen LogP contribution >= 0.6 is 11.6 Å². The summed E-state index contributed by atoms with van der Waals surface area (Å²) in [5, 5.41) is 16.3. The van der Waals surface area contributed by atoms with E-state index in [4.69, 9.17) is 11.6 Å². The number of anilines is 2. The molecule has 5 aromatic rings. The maximum Gasteiger partial charge on any atom is 0.259 e. The molecule has 0 spiro atoms. The van der Waals surface area contributed by atoms with Crippen LogP contribution in [-0.2, 0) is 9.59 Å². The second-order valence-electron chi connectivity index (χ2n) is 10.8. The number of aryl methyl sites for hydroxylation is 1. The van der Waals surface area contributed by atoms with Crippen LogP contribution in [0.4, 0.5) is 22.7 Å². The number of hydrogen-bond donors (Lipinski definition) is 2. The molecule has 2 N–H and O–H groups in total. The molecule has 9 heteroatoms. The quantitative estimate of drug-likeness (QED) is 0.110. The van der Waals surface area contributed by atoms with Gasteiger partial charge < -0.3 is 5.32 Å². The minimum Gasteiger partial charge on any atom is -0.321 e. The van der Waals surface area contributed by atoms with Crippen molar-refractivity contribution in [1.82, 2.24) is 0 Å². The summed E-state index contributed by atoms with van der Waals surface area (Å²) in [5.41, 5.74) is 10.5. The van der Waals surface area contributed by atoms with Crippen molar-refractivity contribution in [3.63, 3.8) is 0 Å². The lowest BCUT2D eigenvalue weighted by atomic mass is 9.89. The summed E-state index contributed by atoms with van der Waals surface area (Å²) in [4.78, 5) is 39.6. The standard InChI is InChI=1S/C37H24ClN5O3/c1-21-18-23(40-41-24-14-16-27-26-10-4-5-11-28(26)35(44)29(27)20-24)15-17-32(21)42-43-34-25-9-3-2-8-22(25)19-30(36(34)45)37(46)39-33-13-7-6-12-31(33)38/h2-20,42H,1H3,(H,39,46)/b41-40?,43-34+. The predicted octanol–water partition coefficient (Wildman–Crippen LogP) is 8.70. The topological polar surface area (TPSA) is 112 Å². The summed E-state index contributed by atoms with van der Waals surface area (Å²) in [6.45, 7) is 1.88. The number of hydrazone groups is 1. The van der Waals surface area contributed by atoms with Crippen LogP contribution < -0.4 is 10.7 Å². The van der Waals surface area contributed by atoms with Crippen LogP contribution in [0, 0.1) is 6.92 Å². The Balaban J connectivity index is 1.10. The first-order valence-corrected chi connectivity index (χ1v) is 14.8. The molecule has 0 unspecified atom stereocenters. The number of carbonyl (C=O) groups excluding carboxylic acids is 3. The molecular weight excluding hydrogens is 598 g/mol. The van der Waals surface area contributed by atoms with Crippen molar-refractivity contribution in [3.05, 3.63) is 148 Å². The Morgan fingerprint density at radius 3 is 2.09 bits per heavy atom. The zero-order chi connectivity index (χ0) is 31.8. The van der Waals surface area contributed by atoms with Gasteiger partial charge in [-0.25, -0.2) is 0 Å². The molecule has 0 bridgehead atoms. The summed E-state index contributed by atoms with van der Waals surface area (Å²) in [7, 11) is 0. The molecule has 222 valence electrons. The molecular formula is C37H24ClN5O3. The molecule has 0 saturated carbocycles. The Kier molecular flexibility index (Phi) is 7.40. The number of benzene rings is 5. The highest BCUT2D eigenvalue weighted by atomic mass is 35.5. The molecule has 0 fully saturated rings. The van der Waals surface area contributed by atoms with Crippen molar-refractivity contribution in [2.24, 2.45) is 15.3 Å². The van der Waals surface area contributed by atoms with Crippen molar-refractivity contribution >= 4 is 63.6 Å². The van der Waals surface area contributed by atoms with Gasteiger partial charge in [-0.2, -0.15) is 15.3 Å². The van der Waals surface area contributed by atoms with Crippen molar-refractivity contribution in [2.75, 3.05) is 10.7 Å². The molecule has 0 atom stereocenters. The van der Waals surface area contributed by atoms with Gasteiger partial charge in [0.05, 0.1) is 33.3 Å². The highest BCUT2D eigenvalue weighted by Crippen LogP contribution is 2.38. The summed E-state index contributed by atoms with van der Waals surface area (Å²) < 4.78 is 0. The van der Waals surface area contributed by atoms with Gasteiger partial charge in [-0.1, -0.05) is 78.3 Å². The monoisotopic (exact) mass is 621 g/mol. The fourth-order valence-corrected chi connectivity index (χ4v) is 5.67. The lowest BCUT2D eigenvalue weighted by Crippen LogP contribution is -2.30. The number of Topliss-reactive ketones (excluding diaryl/α,β-unsaturated/α-hetero) is 1. The number of rotatable bonds is 6. The van der Waals surface area contributed by atoms with Gasteiger partial charge >= 0.3 is 0 Å². The number of nitrogens with one attached hydrogen (secondary N) is 2. The second-order valence-corrected chi connectivity index (χ2v) is 11.2. The molecule has 0 aliphatic heterocycles. The molecule has 1 amide bonds. The highest BCUT2D eigenvalue weighted by Gasteiger charge is 2.30. The van der Waals surface area contributed by atoms with Gasteiger partial charge in [0, 0.05) is 16.7 Å². The highest BCUT2D eigenvalue weighted by molar-refractivity contribution is 6.59. The van der Waals surface area contributed by atoms with Crippen LogP contribution in [-0.4, -0.2) is 23.2 Å². The summed E-state index contributed by atoms with van der Waals surface area (Å²) >= 11 is 6.21. The molecule has 2 aliphatic rings. The van der Waals surface area contributed by atoms with Crippen molar-refractivity contribution in [1.29, 1.82) is 0 Å². The summed E-state index contributed by atoms with van der Waals surface area (Å²) in [6.07, 6.45) is 1.56. The number of amides is 1. The molecule has 7 rings (SSSR count). The summed E-state index contributed by atoms with van der Waals surface area (Å²) in [6, 6.07) is 32.5. The van der Waals surface area contributed by atoms with Crippen molar-refractivity contribution in [3.8, 4) is 11.1 Å². The molecule has 0 aromatic heterocycles. The molecule has 5 aromatic carbocycles. The normalized spacial score (nSPS) is 14.1. The third kappa shape index (κ3) is 5.31. The molecule has 0 saturated heterocycles. The minimum atomic E-state index is -0.580. The van der Waals surface area contributed by atoms with Crippen LogP contribution in [0.1, 0.15) is 32.6 Å². The number of nitrogens with zero attached hydrogens (tertiary/aromatic N) is 3. The van der Waals surface area contributed by atoms with E-state index in [1.807, 2.05) is 67.6 Å². The zero-order valence-corrected chi connectivity index (χ0v) is 25.2. The smallest absolute Gasteiger partial charge is 0.259 e. The van der Waals surface area contributed by atoms with E-state index in [1.54, 1.807) is 54.6 Å². The van der Waals surface area contributed by atoms with E-state index in [0.29, 0.717) is 50.0 Å². The molecule has 8 nitrogen and oxygen atoms in total. The van der Waals surface area contributed by atoms with E-state index in [9.17, 15) is 14.4 Å². The lowest BCUT2D eigenvalue weighted by molar-refractivity contribution is -0.116. The third-order valence-corrected chi connectivity index (χ3v) is 8.16. The van der Waals surface area contributed by atoms with Crippen LogP contribution in [0.25, 0.3) is 17.2 Å². The van der Waals surface area contributed by atoms with Crippen LogP contribution in [0.15, 0.2) is 130 Å². The van der Waals surface area contributed by atoms with E-state index in [2.05, 4.69) is 26.1 Å². The Bertz CT molecular complexity index is 2200. The van der Waals surface area contributed by atoms with E-state index in [0.717, 1.165) is 16.7 Å². The number of hydrogen-bond acceptors (Lipinski definition) is 7. The van der Waals surface area contributed by atoms with Crippen LogP contribution in [0.3, 0.4) is 0 Å². The lowest BCUT2D eigenvalue weighted by Gasteiger charge is -2.18. The van der Waals surface area contributed by atoms with Gasteiger partial charge in [-0.05, 0) is 77.7 Å². The number of ketones is 2. The SMILES string of the molecule is Cc1cc(N=Nc2ccc3c(c2)C(=O)c2ccccc2-3)ccc1N/N=C1/C(=O)C(C(=O)Nc2ccccc2Cl)=Cc2ccccc21. The fraction of sp³-hybridized carbons (Fsp3) is 0.0270. The first-order chi connectivity index (χ1) is 22.4. The Labute approximate surface area is 269 Å². The molecule has 0 heterocycles. The van der Waals surface area contributed by atoms with E-state index < -0.39 is 11.7 Å². The van der Waals surface area contributed by atoms with Gasteiger partial charge in [0.25, 0.3) is 5.91 Å². The number of fused-ring (bicyclic) bond motifs is 4. The number of para-hydroxylation sites is 1. The Hall–Kier alpha value is -5.99. The van der Waals surface area contributed by atoms with E-state index in [-0.39, 0.29) is 17.1 Å². The number of azo groups is 1. The molecule has 0 radical (unpaired) electrons. The van der Waals surface area contributed by atoms with E-state index in [1.165, 1.54) is 0 Å². The third-order valence-electron chi connectivity index (χ3n) is 7.83. The Morgan fingerprint density at radius 1 is 0.652 bits per heavy atom. The largest absolute Gasteiger partial charge is 0.321 e. The second kappa shape index (κ2) is 11.8. The number of halogens is 1. The average Bonchev–Trinajstić information content (AvgIpc) is 3.35. The first-order valence-electron chi connectivity index (χ1n) is 14.4. The molecule has 46 heavy (non-hydrogen) atoms. The van der Waals surface area contributed by atoms with Gasteiger partial charge in [0.2, 0.25) is 5.78 Å². The maximum absolute atomic E-state index is 13.6.